The third kappa shape index (κ3) is 4.83. The zero-order valence-electron chi connectivity index (χ0n) is 14.5. The van der Waals surface area contributed by atoms with E-state index < -0.39 is 41.2 Å². The number of thioether (sulfide) groups is 1. The number of halogens is 4. The minimum atomic E-state index is -4.55. The van der Waals surface area contributed by atoms with E-state index >= 15 is 0 Å². The van der Waals surface area contributed by atoms with Crippen LogP contribution in [0.2, 0.25) is 0 Å². The summed E-state index contributed by atoms with van der Waals surface area (Å²) in [6.07, 6.45) is -3.40. The first-order valence-electron chi connectivity index (χ1n) is 8.12. The number of hydrogen-bond donors (Lipinski definition) is 1. The lowest BCUT2D eigenvalue weighted by Gasteiger charge is -2.12. The predicted octanol–water partition coefficient (Wildman–Crippen LogP) is 4.52. The summed E-state index contributed by atoms with van der Waals surface area (Å²) in [6.45, 7) is -0.654. The van der Waals surface area contributed by atoms with Crippen LogP contribution < -0.4 is 5.32 Å². The molecule has 29 heavy (non-hydrogen) atoms. The summed E-state index contributed by atoms with van der Waals surface area (Å²) in [5, 5.41) is 1.50. The standard InChI is InChI=1S/C19H12F4N2O3S/c20-13-6-1-2-7-14(13)24-16(26)10-25-17(27)15(29-18(25)28)9-11-4-3-5-12(8-11)19(21,22)23/h1-9H,10H2,(H,24,26)/b15-9+. The van der Waals surface area contributed by atoms with Crippen molar-refractivity contribution in [2.45, 2.75) is 6.18 Å². The number of carbonyl (C=O) groups is 3. The van der Waals surface area contributed by atoms with Crippen molar-refractivity contribution in [3.63, 3.8) is 0 Å². The van der Waals surface area contributed by atoms with E-state index in [2.05, 4.69) is 5.32 Å². The van der Waals surface area contributed by atoms with Crippen LogP contribution in [0, 0.1) is 5.82 Å². The first-order chi connectivity index (χ1) is 13.6. The minimum absolute atomic E-state index is 0.0844. The summed E-state index contributed by atoms with van der Waals surface area (Å²) >= 11 is 0.505. The molecule has 2 aromatic carbocycles. The number of rotatable bonds is 4. The van der Waals surface area contributed by atoms with Crippen LogP contribution in [0.1, 0.15) is 11.1 Å². The van der Waals surface area contributed by atoms with Crippen LogP contribution in [0.15, 0.2) is 53.4 Å². The Morgan fingerprint density at radius 1 is 1.10 bits per heavy atom. The number of imide groups is 1. The van der Waals surface area contributed by atoms with E-state index in [0.29, 0.717) is 16.7 Å². The number of carbonyl (C=O) groups excluding carboxylic acids is 3. The third-order valence-electron chi connectivity index (χ3n) is 3.83. The van der Waals surface area contributed by atoms with Crippen LogP contribution in [0.5, 0.6) is 0 Å². The first-order valence-corrected chi connectivity index (χ1v) is 8.94. The van der Waals surface area contributed by atoms with Crippen LogP contribution in [0.4, 0.5) is 28.0 Å². The maximum atomic E-state index is 13.6. The normalized spacial score (nSPS) is 15.9. The summed E-state index contributed by atoms with van der Waals surface area (Å²) in [5.74, 6) is -2.29. The van der Waals surface area contributed by atoms with Gasteiger partial charge in [-0.25, -0.2) is 4.39 Å². The molecule has 0 radical (unpaired) electrons. The van der Waals surface area contributed by atoms with Gasteiger partial charge in [0, 0.05) is 0 Å². The molecule has 1 saturated heterocycles. The quantitative estimate of drug-likeness (QED) is 0.579. The van der Waals surface area contributed by atoms with E-state index in [1.807, 2.05) is 0 Å². The lowest BCUT2D eigenvalue weighted by atomic mass is 10.1. The van der Waals surface area contributed by atoms with E-state index in [-0.39, 0.29) is 16.2 Å². The highest BCUT2D eigenvalue weighted by molar-refractivity contribution is 8.18. The van der Waals surface area contributed by atoms with Gasteiger partial charge in [0.2, 0.25) is 5.91 Å². The monoisotopic (exact) mass is 424 g/mol. The summed E-state index contributed by atoms with van der Waals surface area (Å²) in [5.41, 5.74) is -0.917. The Hall–Kier alpha value is -3.14. The Morgan fingerprint density at radius 2 is 1.83 bits per heavy atom. The molecular formula is C19H12F4N2O3S. The molecular weight excluding hydrogens is 412 g/mol. The second kappa shape index (κ2) is 8.08. The third-order valence-corrected chi connectivity index (χ3v) is 4.74. The molecule has 0 aromatic heterocycles. The largest absolute Gasteiger partial charge is 0.416 e. The smallest absolute Gasteiger partial charge is 0.322 e. The molecule has 0 saturated carbocycles. The molecule has 1 aliphatic heterocycles. The van der Waals surface area contributed by atoms with Gasteiger partial charge >= 0.3 is 6.18 Å². The molecule has 3 amide bonds. The molecule has 0 unspecified atom stereocenters. The van der Waals surface area contributed by atoms with Crippen LogP contribution >= 0.6 is 11.8 Å². The number of hydrogen-bond acceptors (Lipinski definition) is 4. The Kier molecular flexibility index (Phi) is 5.73. The molecule has 10 heteroatoms. The van der Waals surface area contributed by atoms with E-state index in [1.165, 1.54) is 30.3 Å². The van der Waals surface area contributed by atoms with Gasteiger partial charge in [-0.2, -0.15) is 13.2 Å². The van der Waals surface area contributed by atoms with E-state index in [4.69, 9.17) is 0 Å². The van der Waals surface area contributed by atoms with E-state index in [9.17, 15) is 31.9 Å². The lowest BCUT2D eigenvalue weighted by Crippen LogP contribution is -2.36. The van der Waals surface area contributed by atoms with Gasteiger partial charge < -0.3 is 5.32 Å². The predicted molar refractivity (Wildman–Crippen MR) is 99.2 cm³/mol. The molecule has 0 bridgehead atoms. The molecule has 150 valence electrons. The topological polar surface area (TPSA) is 66.5 Å². The molecule has 1 heterocycles. The zero-order valence-corrected chi connectivity index (χ0v) is 15.3. The first kappa shape index (κ1) is 20.6. The van der Waals surface area contributed by atoms with Crippen molar-refractivity contribution in [1.82, 2.24) is 4.90 Å². The fourth-order valence-corrected chi connectivity index (χ4v) is 3.33. The van der Waals surface area contributed by atoms with E-state index in [1.54, 1.807) is 0 Å². The van der Waals surface area contributed by atoms with Crippen molar-refractivity contribution < 1.29 is 31.9 Å². The van der Waals surface area contributed by atoms with Crippen LogP contribution in [0.25, 0.3) is 6.08 Å². The van der Waals surface area contributed by atoms with Crippen molar-refractivity contribution in [1.29, 1.82) is 0 Å². The number of anilines is 1. The number of amides is 3. The molecule has 0 aliphatic carbocycles. The van der Waals surface area contributed by atoms with Gasteiger partial charge in [0.25, 0.3) is 11.1 Å². The highest BCUT2D eigenvalue weighted by atomic mass is 32.2. The number of alkyl halides is 3. The molecule has 1 N–H and O–H groups in total. The van der Waals surface area contributed by atoms with Crippen molar-refractivity contribution >= 4 is 40.6 Å². The second-order valence-corrected chi connectivity index (χ2v) is 6.91. The van der Waals surface area contributed by atoms with Crippen LogP contribution in [-0.2, 0) is 15.8 Å². The van der Waals surface area contributed by atoms with Crippen LogP contribution in [-0.4, -0.2) is 28.5 Å². The molecule has 3 rings (SSSR count). The van der Waals surface area contributed by atoms with Gasteiger partial charge in [-0.3, -0.25) is 19.3 Å². The Labute approximate surface area is 166 Å². The number of nitrogens with zero attached hydrogens (tertiary/aromatic N) is 1. The number of para-hydroxylation sites is 1. The highest BCUT2D eigenvalue weighted by Crippen LogP contribution is 2.34. The summed E-state index contributed by atoms with van der Waals surface area (Å²) < 4.78 is 52.0. The maximum Gasteiger partial charge on any atom is 0.416 e. The maximum absolute atomic E-state index is 13.6. The SMILES string of the molecule is O=C(CN1C(=O)S/C(=C/c2cccc(C(F)(F)F)c2)C1=O)Nc1ccccc1F. The van der Waals surface area contributed by atoms with Crippen molar-refractivity contribution in [2.75, 3.05) is 11.9 Å². The number of nitrogens with one attached hydrogen (secondary N) is 1. The molecule has 0 spiro atoms. The highest BCUT2D eigenvalue weighted by Gasteiger charge is 2.36. The summed E-state index contributed by atoms with van der Waals surface area (Å²) in [4.78, 5) is 37.0. The Bertz CT molecular complexity index is 1020. The fraction of sp³-hybridized carbons (Fsp3) is 0.105. The average Bonchev–Trinajstić information content (AvgIpc) is 2.90. The summed E-state index contributed by atoms with van der Waals surface area (Å²) in [7, 11) is 0. The van der Waals surface area contributed by atoms with Gasteiger partial charge in [0.15, 0.2) is 0 Å². The van der Waals surface area contributed by atoms with Gasteiger partial charge in [-0.15, -0.1) is 0 Å². The average molecular weight is 424 g/mol. The number of benzene rings is 2. The minimum Gasteiger partial charge on any atom is -0.322 e. The molecule has 5 nitrogen and oxygen atoms in total. The van der Waals surface area contributed by atoms with Crippen molar-refractivity contribution in [3.8, 4) is 0 Å². The molecule has 2 aromatic rings. The molecule has 1 aliphatic rings. The van der Waals surface area contributed by atoms with Gasteiger partial charge in [0.1, 0.15) is 12.4 Å². The fourth-order valence-electron chi connectivity index (χ4n) is 2.49. The second-order valence-electron chi connectivity index (χ2n) is 5.92. The van der Waals surface area contributed by atoms with Crippen molar-refractivity contribution in [3.05, 3.63) is 70.4 Å². The van der Waals surface area contributed by atoms with Crippen molar-refractivity contribution in [2.24, 2.45) is 0 Å². The van der Waals surface area contributed by atoms with Gasteiger partial charge in [0.05, 0.1) is 16.2 Å². The van der Waals surface area contributed by atoms with Gasteiger partial charge in [-0.1, -0.05) is 24.3 Å². The molecule has 0 atom stereocenters. The van der Waals surface area contributed by atoms with Crippen LogP contribution in [0.3, 0.4) is 0 Å². The lowest BCUT2D eigenvalue weighted by molar-refractivity contribution is -0.137. The Balaban J connectivity index is 1.73. The van der Waals surface area contributed by atoms with E-state index in [0.717, 1.165) is 24.3 Å². The Morgan fingerprint density at radius 3 is 2.52 bits per heavy atom. The zero-order chi connectivity index (χ0) is 21.2. The summed E-state index contributed by atoms with van der Waals surface area (Å²) in [6, 6.07) is 9.64. The molecule has 1 fully saturated rings. The van der Waals surface area contributed by atoms with Gasteiger partial charge in [-0.05, 0) is 47.7 Å².